The summed E-state index contributed by atoms with van der Waals surface area (Å²) in [6.45, 7) is 14.5. The van der Waals surface area contributed by atoms with Crippen molar-refractivity contribution in [3.8, 4) is 0 Å². The molecule has 8 heteroatoms. The molecule has 0 bridgehead atoms. The lowest BCUT2D eigenvalue weighted by atomic mass is 9.43. The fourth-order valence-electron chi connectivity index (χ4n) is 10.2. The van der Waals surface area contributed by atoms with E-state index >= 15 is 0 Å². The number of aliphatic carboxylic acids is 1. The average Bonchev–Trinajstić information content (AvgIpc) is 3.14. The lowest BCUT2D eigenvalue weighted by molar-refractivity contribution is -0.172. The zero-order chi connectivity index (χ0) is 31.5. The molecule has 0 unspecified atom stereocenters. The van der Waals surface area contributed by atoms with E-state index in [9.17, 15) is 30.0 Å². The molecule has 42 heavy (non-hydrogen) atoms. The first kappa shape index (κ1) is 33.4. The Morgan fingerprint density at radius 2 is 1.64 bits per heavy atom. The van der Waals surface area contributed by atoms with Crippen LogP contribution in [-0.4, -0.2) is 67.5 Å². The van der Waals surface area contributed by atoms with Gasteiger partial charge in [0.2, 0.25) is 0 Å². The summed E-state index contributed by atoms with van der Waals surface area (Å²) in [7, 11) is 0. The Morgan fingerprint density at radius 3 is 2.26 bits per heavy atom. The molecule has 0 heterocycles. The van der Waals surface area contributed by atoms with Crippen LogP contribution in [0.3, 0.4) is 0 Å². The number of ether oxygens (including phenoxy) is 1. The summed E-state index contributed by atoms with van der Waals surface area (Å²) in [5.41, 5.74) is -0.105. The number of carboxylic acids is 1. The first-order valence-corrected chi connectivity index (χ1v) is 16.2. The van der Waals surface area contributed by atoms with Gasteiger partial charge in [0.05, 0.1) is 31.2 Å². The maximum Gasteiger partial charge on any atom is 0.306 e. The number of allylic oxidation sites excluding steroid dienone is 2. The van der Waals surface area contributed by atoms with E-state index < -0.39 is 35.9 Å². The molecular formula is C34H56O8. The van der Waals surface area contributed by atoms with E-state index in [1.165, 1.54) is 12.5 Å². The van der Waals surface area contributed by atoms with Gasteiger partial charge in [-0.3, -0.25) is 9.59 Å². The average molecular weight is 593 g/mol. The quantitative estimate of drug-likeness (QED) is 0.173. The predicted molar refractivity (Wildman–Crippen MR) is 159 cm³/mol. The molecule has 5 N–H and O–H groups in total. The number of esters is 1. The standard InChI is InChI=1S/C34H56O8/c1-21(8-11-25(36)32(6,40)20-35)34(41)19-18-31(5)23-9-10-24-29(2,3)26(42-28(39)13-12-27(37)38)15-16-30(24,4)22(23)14-17-33(31,34)7/h21,24-26,35-36,40-41H,8-20H2,1-7H3,(H,37,38)/t21-,24-,25-,26+,30+,31+,32-,33+,34+/m0/s1. The van der Waals surface area contributed by atoms with Crippen LogP contribution >= 0.6 is 0 Å². The molecule has 0 aromatic heterocycles. The van der Waals surface area contributed by atoms with Crippen molar-refractivity contribution in [1.29, 1.82) is 0 Å². The van der Waals surface area contributed by atoms with Gasteiger partial charge in [0.25, 0.3) is 0 Å². The second-order valence-corrected chi connectivity index (χ2v) is 15.8. The van der Waals surface area contributed by atoms with Gasteiger partial charge in [-0.05, 0) is 93.8 Å². The van der Waals surface area contributed by atoms with E-state index in [2.05, 4.69) is 41.5 Å². The van der Waals surface area contributed by atoms with Gasteiger partial charge in [0.15, 0.2) is 0 Å². The zero-order valence-electron chi connectivity index (χ0n) is 27.0. The first-order chi connectivity index (χ1) is 19.3. The smallest absolute Gasteiger partial charge is 0.306 e. The van der Waals surface area contributed by atoms with Crippen molar-refractivity contribution in [2.45, 2.75) is 149 Å². The van der Waals surface area contributed by atoms with Crippen LogP contribution in [0.2, 0.25) is 0 Å². The Morgan fingerprint density at radius 1 is 0.976 bits per heavy atom. The number of hydrogen-bond acceptors (Lipinski definition) is 7. The minimum Gasteiger partial charge on any atom is -0.481 e. The van der Waals surface area contributed by atoms with Gasteiger partial charge < -0.3 is 30.3 Å². The molecule has 4 aliphatic carbocycles. The number of aliphatic hydroxyl groups excluding tert-OH is 2. The van der Waals surface area contributed by atoms with Crippen molar-refractivity contribution in [3.05, 3.63) is 11.1 Å². The Hall–Kier alpha value is -1.48. The fourth-order valence-corrected chi connectivity index (χ4v) is 10.2. The number of carbonyl (C=O) groups excluding carboxylic acids is 1. The van der Waals surface area contributed by atoms with Crippen LogP contribution in [-0.2, 0) is 14.3 Å². The van der Waals surface area contributed by atoms with Crippen molar-refractivity contribution in [2.75, 3.05) is 6.61 Å². The number of aliphatic hydroxyl groups is 4. The lowest BCUT2D eigenvalue weighted by Gasteiger charge is -2.63. The maximum absolute atomic E-state index is 12.5. The van der Waals surface area contributed by atoms with Crippen LogP contribution in [0.1, 0.15) is 126 Å². The second-order valence-electron chi connectivity index (χ2n) is 15.8. The molecular weight excluding hydrogens is 536 g/mol. The van der Waals surface area contributed by atoms with E-state index in [1.54, 1.807) is 5.57 Å². The van der Waals surface area contributed by atoms with Crippen molar-refractivity contribution < 1.29 is 39.9 Å². The van der Waals surface area contributed by atoms with E-state index in [-0.39, 0.29) is 46.5 Å². The molecule has 240 valence electrons. The van der Waals surface area contributed by atoms with Gasteiger partial charge in [-0.1, -0.05) is 52.7 Å². The highest BCUT2D eigenvalue weighted by atomic mass is 16.5. The molecule has 8 nitrogen and oxygen atoms in total. The van der Waals surface area contributed by atoms with Crippen molar-refractivity contribution in [3.63, 3.8) is 0 Å². The van der Waals surface area contributed by atoms with Crippen LogP contribution in [0, 0.1) is 33.5 Å². The Bertz CT molecular complexity index is 1100. The number of fused-ring (bicyclic) bond motifs is 4. The molecule has 0 spiro atoms. The van der Waals surface area contributed by atoms with Gasteiger partial charge in [-0.2, -0.15) is 0 Å². The van der Waals surface area contributed by atoms with Crippen LogP contribution in [0.5, 0.6) is 0 Å². The number of hydrogen-bond donors (Lipinski definition) is 5. The Balaban J connectivity index is 1.56. The summed E-state index contributed by atoms with van der Waals surface area (Å²) < 4.78 is 5.91. The molecule has 0 amide bonds. The summed E-state index contributed by atoms with van der Waals surface area (Å²) in [4.78, 5) is 23.4. The van der Waals surface area contributed by atoms with Gasteiger partial charge in [0, 0.05) is 10.8 Å². The topological polar surface area (TPSA) is 145 Å². The predicted octanol–water partition coefficient (Wildman–Crippen LogP) is 5.15. The number of carboxylic acid groups (broad SMARTS) is 1. The lowest BCUT2D eigenvalue weighted by Crippen LogP contribution is -2.58. The third kappa shape index (κ3) is 5.06. The second kappa shape index (κ2) is 11.1. The zero-order valence-corrected chi connectivity index (χ0v) is 27.0. The third-order valence-electron chi connectivity index (χ3n) is 13.4. The van der Waals surface area contributed by atoms with Crippen LogP contribution in [0.25, 0.3) is 0 Å². The van der Waals surface area contributed by atoms with Gasteiger partial charge in [0.1, 0.15) is 11.7 Å². The van der Waals surface area contributed by atoms with Crippen molar-refractivity contribution in [1.82, 2.24) is 0 Å². The minimum atomic E-state index is -1.56. The molecule has 0 aromatic rings. The highest BCUT2D eigenvalue weighted by Crippen LogP contribution is 2.73. The van der Waals surface area contributed by atoms with Gasteiger partial charge in [-0.15, -0.1) is 0 Å². The summed E-state index contributed by atoms with van der Waals surface area (Å²) in [5.74, 6) is -1.16. The normalized spacial score (nSPS) is 40.3. The first-order valence-electron chi connectivity index (χ1n) is 16.2. The van der Waals surface area contributed by atoms with E-state index in [0.717, 1.165) is 44.9 Å². The summed E-state index contributed by atoms with van der Waals surface area (Å²) >= 11 is 0. The molecule has 0 aromatic carbocycles. The summed E-state index contributed by atoms with van der Waals surface area (Å²) in [6, 6.07) is 0. The number of carbonyl (C=O) groups is 2. The van der Waals surface area contributed by atoms with E-state index in [0.29, 0.717) is 25.2 Å². The van der Waals surface area contributed by atoms with Gasteiger partial charge >= 0.3 is 11.9 Å². The van der Waals surface area contributed by atoms with Crippen LogP contribution < -0.4 is 0 Å². The molecule has 0 radical (unpaired) electrons. The fraction of sp³-hybridized carbons (Fsp3) is 0.882. The summed E-state index contributed by atoms with van der Waals surface area (Å²) in [6.07, 6.45) is 6.34. The SMILES string of the molecule is C[C@@H](CC[C@H](O)[C@@](C)(O)CO)[C@]1(O)CC[C@]2(C)C3=C(CC[C@@]12C)[C@@]1(C)CC[C@@H](OC(=O)CCC(=O)O)C(C)(C)[C@@H]1CC3. The monoisotopic (exact) mass is 592 g/mol. The molecule has 9 atom stereocenters. The van der Waals surface area contributed by atoms with E-state index in [4.69, 9.17) is 9.84 Å². The molecule has 0 saturated heterocycles. The van der Waals surface area contributed by atoms with Crippen molar-refractivity contribution >= 4 is 11.9 Å². The van der Waals surface area contributed by atoms with E-state index in [1.807, 2.05) is 0 Å². The highest BCUT2D eigenvalue weighted by molar-refractivity contribution is 5.76. The van der Waals surface area contributed by atoms with Crippen molar-refractivity contribution in [2.24, 2.45) is 33.5 Å². The van der Waals surface area contributed by atoms with Crippen LogP contribution in [0.4, 0.5) is 0 Å². The Labute approximate surface area is 251 Å². The third-order valence-corrected chi connectivity index (χ3v) is 13.4. The van der Waals surface area contributed by atoms with Crippen LogP contribution in [0.15, 0.2) is 11.1 Å². The molecule has 0 aliphatic heterocycles. The highest BCUT2D eigenvalue weighted by Gasteiger charge is 2.68. The molecule has 2 saturated carbocycles. The Kier molecular flexibility index (Phi) is 8.87. The minimum absolute atomic E-state index is 0.0162. The molecule has 2 fully saturated rings. The van der Waals surface area contributed by atoms with Gasteiger partial charge in [-0.25, -0.2) is 0 Å². The molecule has 4 rings (SSSR count). The molecule has 4 aliphatic rings. The summed E-state index contributed by atoms with van der Waals surface area (Å²) in [5, 5.41) is 51.6. The maximum atomic E-state index is 12.5. The largest absolute Gasteiger partial charge is 0.481 e. The number of rotatable bonds is 10.